The van der Waals surface area contributed by atoms with Crippen LogP contribution in [0.5, 0.6) is 17.2 Å². The van der Waals surface area contributed by atoms with Crippen LogP contribution >= 0.6 is 0 Å². The molecule has 0 aliphatic heterocycles. The molecule has 1 amide bonds. The molecular weight excluding hydrogens is 434 g/mol. The summed E-state index contributed by atoms with van der Waals surface area (Å²) in [5.74, 6) is 2.10. The minimum absolute atomic E-state index is 0.0431. The van der Waals surface area contributed by atoms with Crippen LogP contribution in [0.2, 0.25) is 0 Å². The first-order valence-corrected chi connectivity index (χ1v) is 10.7. The minimum atomic E-state index is -0.220. The highest BCUT2D eigenvalue weighted by atomic mass is 16.5. The summed E-state index contributed by atoms with van der Waals surface area (Å²) in [6, 6.07) is 22.8. The number of tetrazole rings is 1. The fraction of sp³-hybridized carbons (Fsp3) is 0.200. The Bertz CT molecular complexity index is 1230. The zero-order chi connectivity index (χ0) is 23.8. The minimum Gasteiger partial charge on any atom is -0.497 e. The number of aromatic nitrogens is 4. The van der Waals surface area contributed by atoms with Gasteiger partial charge in [0, 0.05) is 12.1 Å². The lowest BCUT2D eigenvalue weighted by Crippen LogP contribution is -2.28. The van der Waals surface area contributed by atoms with E-state index in [1.807, 2.05) is 60.7 Å². The zero-order valence-corrected chi connectivity index (χ0v) is 19.0. The van der Waals surface area contributed by atoms with Gasteiger partial charge in [0.15, 0.2) is 11.5 Å². The Morgan fingerprint density at radius 3 is 2.44 bits per heavy atom. The molecule has 0 bridgehead atoms. The number of carbonyl (C=O) groups is 1. The molecule has 1 aromatic heterocycles. The number of nitrogens with zero attached hydrogens (tertiary/aromatic N) is 4. The molecule has 9 heteroatoms. The fourth-order valence-electron chi connectivity index (χ4n) is 3.22. The molecular formula is C25H25N5O4. The van der Waals surface area contributed by atoms with Gasteiger partial charge in [-0.2, -0.15) is 4.80 Å². The molecule has 3 aromatic carbocycles. The SMILES string of the molecule is COc1ccc(CNC(=O)Cn2nnc(-c3ccc(OCc4ccccc4)c(OC)c3)n2)cc1. The Morgan fingerprint density at radius 1 is 0.912 bits per heavy atom. The summed E-state index contributed by atoms with van der Waals surface area (Å²) in [5.41, 5.74) is 2.72. The maximum absolute atomic E-state index is 12.3. The number of amides is 1. The van der Waals surface area contributed by atoms with Crippen LogP contribution in [0, 0.1) is 0 Å². The second kappa shape index (κ2) is 11.0. The van der Waals surface area contributed by atoms with Crippen molar-refractivity contribution >= 4 is 5.91 Å². The Morgan fingerprint density at radius 2 is 1.71 bits per heavy atom. The van der Waals surface area contributed by atoms with Gasteiger partial charge in [0.25, 0.3) is 0 Å². The van der Waals surface area contributed by atoms with Gasteiger partial charge in [-0.1, -0.05) is 42.5 Å². The topological polar surface area (TPSA) is 100 Å². The molecule has 0 spiro atoms. The van der Waals surface area contributed by atoms with E-state index in [-0.39, 0.29) is 12.5 Å². The Labute approximate surface area is 197 Å². The van der Waals surface area contributed by atoms with Crippen LogP contribution in [0.4, 0.5) is 0 Å². The first-order chi connectivity index (χ1) is 16.6. The van der Waals surface area contributed by atoms with Gasteiger partial charge in [0.05, 0.1) is 14.2 Å². The number of hydrogen-bond acceptors (Lipinski definition) is 7. The highest BCUT2D eigenvalue weighted by molar-refractivity contribution is 5.75. The molecule has 174 valence electrons. The van der Waals surface area contributed by atoms with E-state index in [0.29, 0.717) is 36.0 Å². The average molecular weight is 460 g/mol. The molecule has 1 N–H and O–H groups in total. The summed E-state index contributed by atoms with van der Waals surface area (Å²) in [6.45, 7) is 0.779. The highest BCUT2D eigenvalue weighted by Crippen LogP contribution is 2.31. The maximum Gasteiger partial charge on any atom is 0.243 e. The van der Waals surface area contributed by atoms with Crippen molar-refractivity contribution in [3.8, 4) is 28.6 Å². The summed E-state index contributed by atoms with van der Waals surface area (Å²) in [7, 11) is 3.19. The second-order valence-electron chi connectivity index (χ2n) is 7.41. The molecule has 0 atom stereocenters. The van der Waals surface area contributed by atoms with Crippen molar-refractivity contribution in [3.05, 3.63) is 83.9 Å². The van der Waals surface area contributed by atoms with Crippen molar-refractivity contribution in [2.24, 2.45) is 0 Å². The van der Waals surface area contributed by atoms with Crippen LogP contribution in [0.25, 0.3) is 11.4 Å². The Hall–Kier alpha value is -4.40. The summed E-state index contributed by atoms with van der Waals surface area (Å²) in [4.78, 5) is 13.5. The zero-order valence-electron chi connectivity index (χ0n) is 19.0. The van der Waals surface area contributed by atoms with E-state index in [1.54, 1.807) is 26.4 Å². The van der Waals surface area contributed by atoms with Crippen molar-refractivity contribution in [2.45, 2.75) is 19.7 Å². The largest absolute Gasteiger partial charge is 0.497 e. The molecule has 34 heavy (non-hydrogen) atoms. The van der Waals surface area contributed by atoms with E-state index in [9.17, 15) is 4.79 Å². The molecule has 4 rings (SSSR count). The van der Waals surface area contributed by atoms with Crippen molar-refractivity contribution < 1.29 is 19.0 Å². The molecule has 0 unspecified atom stereocenters. The molecule has 0 aliphatic rings. The second-order valence-corrected chi connectivity index (χ2v) is 7.41. The lowest BCUT2D eigenvalue weighted by Gasteiger charge is -2.11. The number of benzene rings is 3. The van der Waals surface area contributed by atoms with E-state index >= 15 is 0 Å². The Balaban J connectivity index is 1.35. The predicted molar refractivity (Wildman–Crippen MR) is 125 cm³/mol. The van der Waals surface area contributed by atoms with Gasteiger partial charge >= 0.3 is 0 Å². The molecule has 9 nitrogen and oxygen atoms in total. The van der Waals surface area contributed by atoms with E-state index < -0.39 is 0 Å². The molecule has 0 aliphatic carbocycles. The number of rotatable bonds is 10. The quantitative estimate of drug-likeness (QED) is 0.389. The van der Waals surface area contributed by atoms with E-state index in [1.165, 1.54) is 4.80 Å². The highest BCUT2D eigenvalue weighted by Gasteiger charge is 2.13. The molecule has 0 saturated carbocycles. The molecule has 0 fully saturated rings. The molecule has 4 aromatic rings. The summed E-state index contributed by atoms with van der Waals surface area (Å²) in [6.07, 6.45) is 0. The van der Waals surface area contributed by atoms with Crippen molar-refractivity contribution in [1.82, 2.24) is 25.5 Å². The third kappa shape index (κ3) is 5.89. The van der Waals surface area contributed by atoms with Gasteiger partial charge < -0.3 is 19.5 Å². The van der Waals surface area contributed by atoms with E-state index in [4.69, 9.17) is 14.2 Å². The Kier molecular flexibility index (Phi) is 7.34. The van der Waals surface area contributed by atoms with Gasteiger partial charge in [-0.05, 0) is 46.7 Å². The molecule has 1 heterocycles. The standard InChI is InChI=1S/C25H25N5O4/c1-32-21-11-8-18(9-12-21)15-26-24(31)16-30-28-25(27-29-30)20-10-13-22(23(14-20)33-2)34-17-19-6-4-3-5-7-19/h3-14H,15-17H2,1-2H3,(H,26,31). The number of carbonyl (C=O) groups excluding carboxylic acids is 1. The van der Waals surface area contributed by atoms with Crippen LogP contribution in [-0.4, -0.2) is 40.3 Å². The smallest absolute Gasteiger partial charge is 0.243 e. The van der Waals surface area contributed by atoms with Crippen LogP contribution in [0.1, 0.15) is 11.1 Å². The van der Waals surface area contributed by atoms with Crippen molar-refractivity contribution in [3.63, 3.8) is 0 Å². The lowest BCUT2D eigenvalue weighted by atomic mass is 10.2. The third-order valence-electron chi connectivity index (χ3n) is 5.05. The molecule has 0 saturated heterocycles. The summed E-state index contributed by atoms with van der Waals surface area (Å²) in [5, 5.41) is 15.2. The number of nitrogens with one attached hydrogen (secondary N) is 1. The number of ether oxygens (including phenoxy) is 3. The van der Waals surface area contributed by atoms with Gasteiger partial charge in [-0.15, -0.1) is 10.2 Å². The molecule has 0 radical (unpaired) electrons. The fourth-order valence-corrected chi connectivity index (χ4v) is 3.22. The van der Waals surface area contributed by atoms with E-state index in [0.717, 1.165) is 16.9 Å². The summed E-state index contributed by atoms with van der Waals surface area (Å²) >= 11 is 0. The number of methoxy groups -OCH3 is 2. The summed E-state index contributed by atoms with van der Waals surface area (Å²) < 4.78 is 16.5. The monoisotopic (exact) mass is 459 g/mol. The van der Waals surface area contributed by atoms with Gasteiger partial charge in [0.1, 0.15) is 18.9 Å². The maximum atomic E-state index is 12.3. The van der Waals surface area contributed by atoms with E-state index in [2.05, 4.69) is 20.7 Å². The van der Waals surface area contributed by atoms with Crippen LogP contribution in [0.15, 0.2) is 72.8 Å². The van der Waals surface area contributed by atoms with Gasteiger partial charge in [0.2, 0.25) is 11.7 Å². The lowest BCUT2D eigenvalue weighted by molar-refractivity contribution is -0.122. The average Bonchev–Trinajstić information content (AvgIpc) is 3.35. The van der Waals surface area contributed by atoms with Gasteiger partial charge in [-0.3, -0.25) is 4.79 Å². The van der Waals surface area contributed by atoms with Crippen LogP contribution in [-0.2, 0) is 24.5 Å². The number of hydrogen-bond donors (Lipinski definition) is 1. The predicted octanol–water partition coefficient (Wildman–Crippen LogP) is 3.25. The first kappa shape index (κ1) is 22.8. The van der Waals surface area contributed by atoms with Gasteiger partial charge in [-0.25, -0.2) is 0 Å². The first-order valence-electron chi connectivity index (χ1n) is 10.7. The van der Waals surface area contributed by atoms with Crippen molar-refractivity contribution in [1.29, 1.82) is 0 Å². The normalized spacial score (nSPS) is 10.5. The van der Waals surface area contributed by atoms with Crippen LogP contribution in [0.3, 0.4) is 0 Å². The van der Waals surface area contributed by atoms with Crippen LogP contribution < -0.4 is 19.5 Å². The third-order valence-corrected chi connectivity index (χ3v) is 5.05. The van der Waals surface area contributed by atoms with Crippen molar-refractivity contribution in [2.75, 3.05) is 14.2 Å².